The van der Waals surface area contributed by atoms with Crippen molar-refractivity contribution in [2.45, 2.75) is 6.42 Å². The molecule has 5 heteroatoms. The first-order chi connectivity index (χ1) is 7.70. The zero-order valence-corrected chi connectivity index (χ0v) is 11.4. The van der Waals surface area contributed by atoms with Gasteiger partial charge in [-0.05, 0) is 49.6 Å². The summed E-state index contributed by atoms with van der Waals surface area (Å²) in [5.74, 6) is 0. The molecule has 1 aromatic heterocycles. The number of nitrogens with zero attached hydrogens (tertiary/aromatic N) is 3. The van der Waals surface area contributed by atoms with Crippen LogP contribution in [0.15, 0.2) is 39.5 Å². The molecule has 0 saturated heterocycles. The largest absolute Gasteiger partial charge is 0.239 e. The van der Waals surface area contributed by atoms with Gasteiger partial charge in [-0.25, -0.2) is 4.68 Å². The molecule has 80 valence electrons. The van der Waals surface area contributed by atoms with Gasteiger partial charge in [0.1, 0.15) is 0 Å². The van der Waals surface area contributed by atoms with Gasteiger partial charge in [0.25, 0.3) is 0 Å². The zero-order chi connectivity index (χ0) is 11.5. The van der Waals surface area contributed by atoms with Gasteiger partial charge in [-0.3, -0.25) is 0 Å². The zero-order valence-electron chi connectivity index (χ0n) is 8.19. The van der Waals surface area contributed by atoms with Crippen LogP contribution < -0.4 is 0 Å². The molecule has 0 fully saturated rings. The van der Waals surface area contributed by atoms with E-state index in [1.54, 1.807) is 10.9 Å². The summed E-state index contributed by atoms with van der Waals surface area (Å²) in [6.45, 7) is 0. The van der Waals surface area contributed by atoms with Crippen molar-refractivity contribution in [3.8, 4) is 11.8 Å². The molecule has 0 radical (unpaired) electrons. The highest BCUT2D eigenvalue weighted by Gasteiger charge is 2.05. The monoisotopic (exact) mass is 339 g/mol. The molecule has 0 aliphatic rings. The minimum absolute atomic E-state index is 0.418. The molecule has 1 aromatic carbocycles. The van der Waals surface area contributed by atoms with Gasteiger partial charge in [0, 0.05) is 10.7 Å². The first-order valence-corrected chi connectivity index (χ1v) is 6.15. The molecular weight excluding hydrogens is 334 g/mol. The second-order valence-electron chi connectivity index (χ2n) is 3.22. The van der Waals surface area contributed by atoms with Crippen LogP contribution in [0.2, 0.25) is 0 Å². The first-order valence-electron chi connectivity index (χ1n) is 4.56. The number of hydrogen-bond acceptors (Lipinski definition) is 2. The van der Waals surface area contributed by atoms with Crippen molar-refractivity contribution in [3.63, 3.8) is 0 Å². The number of hydrogen-bond donors (Lipinski definition) is 0. The van der Waals surface area contributed by atoms with Gasteiger partial charge in [0.2, 0.25) is 0 Å². The molecule has 0 saturated carbocycles. The third-order valence-electron chi connectivity index (χ3n) is 2.09. The number of nitriles is 1. The van der Waals surface area contributed by atoms with Crippen LogP contribution in [0.3, 0.4) is 0 Å². The summed E-state index contributed by atoms with van der Waals surface area (Å²) in [6, 6.07) is 7.93. The Hall–Kier alpha value is -1.12. The van der Waals surface area contributed by atoms with Crippen molar-refractivity contribution in [1.82, 2.24) is 9.78 Å². The maximum Gasteiger partial charge on any atom is 0.0788 e. The Morgan fingerprint density at radius 1 is 1.38 bits per heavy atom. The van der Waals surface area contributed by atoms with Gasteiger partial charge in [0.05, 0.1) is 28.8 Å². The minimum Gasteiger partial charge on any atom is -0.239 e. The molecule has 0 aliphatic heterocycles. The predicted octanol–water partition coefficient (Wildman–Crippen LogP) is 3.46. The topological polar surface area (TPSA) is 41.6 Å². The van der Waals surface area contributed by atoms with Crippen LogP contribution >= 0.6 is 31.9 Å². The number of aromatic nitrogens is 2. The summed E-state index contributed by atoms with van der Waals surface area (Å²) in [5.41, 5.74) is 1.94. The van der Waals surface area contributed by atoms with Crippen LogP contribution in [0.5, 0.6) is 0 Å². The lowest BCUT2D eigenvalue weighted by Crippen LogP contribution is -1.96. The third-order valence-corrected chi connectivity index (χ3v) is 3.14. The van der Waals surface area contributed by atoms with Gasteiger partial charge in [0.15, 0.2) is 0 Å². The second-order valence-corrected chi connectivity index (χ2v) is 4.99. The molecule has 2 rings (SSSR count). The van der Waals surface area contributed by atoms with Gasteiger partial charge in [-0.2, -0.15) is 10.4 Å². The van der Waals surface area contributed by atoms with Crippen LogP contribution in [0.4, 0.5) is 0 Å². The van der Waals surface area contributed by atoms with E-state index in [1.165, 1.54) is 0 Å². The minimum atomic E-state index is 0.418. The lowest BCUT2D eigenvalue weighted by atomic mass is 10.1. The van der Waals surface area contributed by atoms with E-state index < -0.39 is 0 Å². The smallest absolute Gasteiger partial charge is 0.0788 e. The number of rotatable bonds is 2. The van der Waals surface area contributed by atoms with Crippen molar-refractivity contribution in [1.29, 1.82) is 5.26 Å². The quantitative estimate of drug-likeness (QED) is 0.840. The second kappa shape index (κ2) is 4.81. The van der Waals surface area contributed by atoms with Crippen molar-refractivity contribution in [2.75, 3.05) is 0 Å². The standard InChI is InChI=1S/C11H7Br2N3/c12-9-6-15-16(7-9)11-2-1-8(3-4-14)5-10(11)13/h1-2,5-7H,3H2. The van der Waals surface area contributed by atoms with Crippen molar-refractivity contribution >= 4 is 31.9 Å². The van der Waals surface area contributed by atoms with Crippen molar-refractivity contribution < 1.29 is 0 Å². The summed E-state index contributed by atoms with van der Waals surface area (Å²) < 4.78 is 3.63. The molecule has 0 bridgehead atoms. The molecule has 2 aromatic rings. The van der Waals surface area contributed by atoms with Crippen LogP contribution in [-0.2, 0) is 6.42 Å². The molecule has 0 aliphatic carbocycles. The predicted molar refractivity (Wildman–Crippen MR) is 68.3 cm³/mol. The Kier molecular flexibility index (Phi) is 3.42. The van der Waals surface area contributed by atoms with E-state index in [4.69, 9.17) is 5.26 Å². The summed E-state index contributed by atoms with van der Waals surface area (Å²) in [5, 5.41) is 12.8. The lowest BCUT2D eigenvalue weighted by molar-refractivity contribution is 0.875. The summed E-state index contributed by atoms with van der Waals surface area (Å²) >= 11 is 6.83. The van der Waals surface area contributed by atoms with Crippen LogP contribution in [-0.4, -0.2) is 9.78 Å². The van der Waals surface area contributed by atoms with Gasteiger partial charge < -0.3 is 0 Å². The molecule has 1 heterocycles. The molecule has 0 atom stereocenters. The Morgan fingerprint density at radius 2 is 2.19 bits per heavy atom. The van der Waals surface area contributed by atoms with E-state index in [0.717, 1.165) is 20.2 Å². The number of benzene rings is 1. The number of halogens is 2. The average Bonchev–Trinajstić information content (AvgIpc) is 2.65. The maximum atomic E-state index is 8.61. The normalized spacial score (nSPS) is 10.1. The van der Waals surface area contributed by atoms with E-state index in [-0.39, 0.29) is 0 Å². The Balaban J connectivity index is 2.40. The fourth-order valence-electron chi connectivity index (χ4n) is 1.37. The molecule has 3 nitrogen and oxygen atoms in total. The Bertz CT molecular complexity index is 555. The van der Waals surface area contributed by atoms with Gasteiger partial charge in [-0.15, -0.1) is 0 Å². The van der Waals surface area contributed by atoms with Crippen molar-refractivity contribution in [3.05, 3.63) is 45.1 Å². The first kappa shape index (κ1) is 11.4. The summed E-state index contributed by atoms with van der Waals surface area (Å²) in [6.07, 6.45) is 4.03. The highest BCUT2D eigenvalue weighted by molar-refractivity contribution is 9.10. The lowest BCUT2D eigenvalue weighted by Gasteiger charge is -2.05. The fourth-order valence-corrected chi connectivity index (χ4v) is 2.26. The molecule has 0 unspecified atom stereocenters. The Labute approximate surface area is 110 Å². The molecule has 0 spiro atoms. The highest BCUT2D eigenvalue weighted by Crippen LogP contribution is 2.23. The van der Waals surface area contributed by atoms with Gasteiger partial charge >= 0.3 is 0 Å². The molecular formula is C11H7Br2N3. The molecule has 16 heavy (non-hydrogen) atoms. The van der Waals surface area contributed by atoms with E-state index in [0.29, 0.717) is 6.42 Å². The fraction of sp³-hybridized carbons (Fsp3) is 0.0909. The third kappa shape index (κ3) is 2.34. The Morgan fingerprint density at radius 3 is 2.75 bits per heavy atom. The van der Waals surface area contributed by atoms with E-state index in [9.17, 15) is 0 Å². The maximum absolute atomic E-state index is 8.61. The summed E-state index contributed by atoms with van der Waals surface area (Å²) in [7, 11) is 0. The van der Waals surface area contributed by atoms with Crippen LogP contribution in [0.1, 0.15) is 5.56 Å². The molecule has 0 amide bonds. The van der Waals surface area contributed by atoms with Crippen LogP contribution in [0.25, 0.3) is 5.69 Å². The average molecular weight is 341 g/mol. The van der Waals surface area contributed by atoms with Crippen LogP contribution in [0, 0.1) is 11.3 Å². The van der Waals surface area contributed by atoms with E-state index >= 15 is 0 Å². The van der Waals surface area contributed by atoms with E-state index in [1.807, 2.05) is 24.4 Å². The van der Waals surface area contributed by atoms with Crippen molar-refractivity contribution in [2.24, 2.45) is 0 Å². The van der Waals surface area contributed by atoms with Gasteiger partial charge in [-0.1, -0.05) is 6.07 Å². The van der Waals surface area contributed by atoms with E-state index in [2.05, 4.69) is 43.0 Å². The summed E-state index contributed by atoms with van der Waals surface area (Å²) in [4.78, 5) is 0. The highest BCUT2D eigenvalue weighted by atomic mass is 79.9. The molecule has 0 N–H and O–H groups in total. The SMILES string of the molecule is N#CCc1ccc(-n2cc(Br)cn2)c(Br)c1.